The molecule has 0 aliphatic carbocycles. The first kappa shape index (κ1) is 23.8. The summed E-state index contributed by atoms with van der Waals surface area (Å²) in [6.45, 7) is 16.3. The lowest BCUT2D eigenvalue weighted by molar-refractivity contribution is 0.0214. The Hall–Kier alpha value is -1.50. The van der Waals surface area contributed by atoms with Crippen molar-refractivity contribution in [3.8, 4) is 0 Å². The SMILES string of the molecule is CCNC(=NCC1CCCN1C)N1CCC(CN(CC)C(=O)OC(C)(C)C)CC1. The Bertz CT molecular complexity index is 538. The average Bonchev–Trinajstić information content (AvgIpc) is 3.07. The van der Waals surface area contributed by atoms with Crippen LogP contribution in [-0.2, 0) is 4.74 Å². The van der Waals surface area contributed by atoms with Crippen LogP contribution >= 0.6 is 0 Å². The second-order valence-electron chi connectivity index (χ2n) is 9.42. The first-order valence-corrected chi connectivity index (χ1v) is 11.4. The maximum absolute atomic E-state index is 12.4. The molecule has 7 heteroatoms. The van der Waals surface area contributed by atoms with Crippen molar-refractivity contribution in [1.82, 2.24) is 20.0 Å². The Balaban J connectivity index is 1.85. The van der Waals surface area contributed by atoms with Crippen LogP contribution in [0.2, 0.25) is 0 Å². The molecule has 2 heterocycles. The molecule has 2 rings (SSSR count). The number of ether oxygens (including phenoxy) is 1. The Kier molecular flexibility index (Phi) is 9.05. The van der Waals surface area contributed by atoms with Gasteiger partial charge in [0, 0.05) is 38.8 Å². The third kappa shape index (κ3) is 7.68. The first-order chi connectivity index (χ1) is 13.7. The molecule has 1 N–H and O–H groups in total. The van der Waals surface area contributed by atoms with Crippen LogP contribution in [0.1, 0.15) is 60.3 Å². The van der Waals surface area contributed by atoms with Gasteiger partial charge in [0.25, 0.3) is 0 Å². The number of aliphatic imine (C=N–C) groups is 1. The lowest BCUT2D eigenvalue weighted by Crippen LogP contribution is -2.48. The van der Waals surface area contributed by atoms with Crippen LogP contribution in [0.15, 0.2) is 4.99 Å². The number of amides is 1. The van der Waals surface area contributed by atoms with E-state index in [0.717, 1.165) is 51.5 Å². The summed E-state index contributed by atoms with van der Waals surface area (Å²) >= 11 is 0. The monoisotopic (exact) mass is 409 g/mol. The topological polar surface area (TPSA) is 60.4 Å². The molecular weight excluding hydrogens is 366 g/mol. The summed E-state index contributed by atoms with van der Waals surface area (Å²) in [4.78, 5) is 24.0. The zero-order chi connectivity index (χ0) is 21.4. The van der Waals surface area contributed by atoms with Gasteiger partial charge in [0.1, 0.15) is 5.60 Å². The van der Waals surface area contributed by atoms with Crippen LogP contribution in [-0.4, -0.2) is 91.3 Å². The molecule has 0 aromatic carbocycles. The van der Waals surface area contributed by atoms with E-state index < -0.39 is 5.60 Å². The van der Waals surface area contributed by atoms with Crippen LogP contribution in [0.4, 0.5) is 4.79 Å². The summed E-state index contributed by atoms with van der Waals surface area (Å²) in [5.41, 5.74) is -0.446. The molecule has 0 saturated carbocycles. The Morgan fingerprint density at radius 1 is 1.17 bits per heavy atom. The van der Waals surface area contributed by atoms with E-state index >= 15 is 0 Å². The molecule has 2 aliphatic heterocycles. The molecule has 2 fully saturated rings. The van der Waals surface area contributed by atoms with E-state index in [0.29, 0.717) is 18.5 Å². The van der Waals surface area contributed by atoms with Crippen molar-refractivity contribution in [2.75, 3.05) is 52.9 Å². The minimum Gasteiger partial charge on any atom is -0.444 e. The van der Waals surface area contributed by atoms with E-state index in [-0.39, 0.29) is 6.09 Å². The number of hydrogen-bond acceptors (Lipinski definition) is 4. The minimum absolute atomic E-state index is 0.196. The third-order valence-corrected chi connectivity index (χ3v) is 5.88. The summed E-state index contributed by atoms with van der Waals surface area (Å²) in [5, 5.41) is 3.47. The Morgan fingerprint density at radius 2 is 1.86 bits per heavy atom. The number of rotatable bonds is 6. The van der Waals surface area contributed by atoms with Gasteiger partial charge in [0.15, 0.2) is 5.96 Å². The van der Waals surface area contributed by atoms with Crippen molar-refractivity contribution in [3.63, 3.8) is 0 Å². The van der Waals surface area contributed by atoms with Crippen LogP contribution < -0.4 is 5.32 Å². The van der Waals surface area contributed by atoms with Crippen LogP contribution in [0.3, 0.4) is 0 Å². The van der Waals surface area contributed by atoms with Gasteiger partial charge in [-0.3, -0.25) is 4.99 Å². The molecule has 2 aliphatic rings. The second kappa shape index (κ2) is 11.0. The maximum Gasteiger partial charge on any atom is 0.410 e. The first-order valence-electron chi connectivity index (χ1n) is 11.4. The van der Waals surface area contributed by atoms with Crippen molar-refractivity contribution < 1.29 is 9.53 Å². The van der Waals surface area contributed by atoms with Gasteiger partial charge in [-0.05, 0) is 79.8 Å². The molecule has 29 heavy (non-hydrogen) atoms. The predicted molar refractivity (Wildman–Crippen MR) is 119 cm³/mol. The van der Waals surface area contributed by atoms with E-state index in [4.69, 9.17) is 9.73 Å². The minimum atomic E-state index is -0.446. The molecule has 0 aromatic rings. The fourth-order valence-electron chi connectivity index (χ4n) is 4.13. The van der Waals surface area contributed by atoms with Crippen molar-refractivity contribution in [1.29, 1.82) is 0 Å². The highest BCUT2D eigenvalue weighted by Gasteiger charge is 2.27. The number of hydrogen-bond donors (Lipinski definition) is 1. The summed E-state index contributed by atoms with van der Waals surface area (Å²) < 4.78 is 5.56. The number of carbonyl (C=O) groups is 1. The standard InChI is InChI=1S/C22H43N5O2/c1-7-23-20(24-16-19-10-9-13-25(19)6)27-14-11-18(12-15-27)17-26(8-2)21(28)29-22(3,4)5/h18-19H,7-17H2,1-6H3,(H,23,24). The molecule has 0 bridgehead atoms. The molecule has 168 valence electrons. The molecule has 0 radical (unpaired) electrons. The van der Waals surface area contributed by atoms with Gasteiger partial charge in [-0.15, -0.1) is 0 Å². The summed E-state index contributed by atoms with van der Waals surface area (Å²) in [5.74, 6) is 1.56. The molecule has 1 amide bonds. The Labute approximate surface area is 177 Å². The van der Waals surface area contributed by atoms with Gasteiger partial charge in [0.05, 0.1) is 6.54 Å². The van der Waals surface area contributed by atoms with Gasteiger partial charge in [0.2, 0.25) is 0 Å². The lowest BCUT2D eigenvalue weighted by Gasteiger charge is -2.36. The predicted octanol–water partition coefficient (Wildman–Crippen LogP) is 3.02. The highest BCUT2D eigenvalue weighted by atomic mass is 16.6. The summed E-state index contributed by atoms with van der Waals surface area (Å²) in [7, 11) is 2.20. The zero-order valence-electron chi connectivity index (χ0n) is 19.5. The number of nitrogens with zero attached hydrogens (tertiary/aromatic N) is 4. The normalized spacial score (nSPS) is 22.1. The van der Waals surface area contributed by atoms with Crippen molar-refractivity contribution in [2.24, 2.45) is 10.9 Å². The van der Waals surface area contributed by atoms with E-state index in [1.165, 1.54) is 19.4 Å². The van der Waals surface area contributed by atoms with Gasteiger partial charge < -0.3 is 24.8 Å². The van der Waals surface area contributed by atoms with Crippen LogP contribution in [0, 0.1) is 5.92 Å². The fourth-order valence-corrected chi connectivity index (χ4v) is 4.13. The van der Waals surface area contributed by atoms with Crippen molar-refractivity contribution in [3.05, 3.63) is 0 Å². The molecule has 0 spiro atoms. The zero-order valence-corrected chi connectivity index (χ0v) is 19.5. The van der Waals surface area contributed by atoms with E-state index in [9.17, 15) is 4.79 Å². The van der Waals surface area contributed by atoms with Crippen molar-refractivity contribution >= 4 is 12.1 Å². The van der Waals surface area contributed by atoms with Gasteiger partial charge in [-0.2, -0.15) is 0 Å². The number of piperidine rings is 1. The molecular formula is C22H43N5O2. The number of nitrogens with one attached hydrogen (secondary N) is 1. The van der Waals surface area contributed by atoms with Gasteiger partial charge in [-0.25, -0.2) is 4.79 Å². The largest absolute Gasteiger partial charge is 0.444 e. The highest BCUT2D eigenvalue weighted by molar-refractivity contribution is 5.80. The molecule has 1 unspecified atom stereocenters. The molecule has 7 nitrogen and oxygen atoms in total. The number of carbonyl (C=O) groups excluding carboxylic acids is 1. The van der Waals surface area contributed by atoms with Gasteiger partial charge in [-0.1, -0.05) is 0 Å². The van der Waals surface area contributed by atoms with E-state index in [1.807, 2.05) is 32.6 Å². The van der Waals surface area contributed by atoms with E-state index in [1.54, 1.807) is 0 Å². The smallest absolute Gasteiger partial charge is 0.410 e. The average molecular weight is 410 g/mol. The quantitative estimate of drug-likeness (QED) is 0.540. The molecule has 0 aromatic heterocycles. The van der Waals surface area contributed by atoms with Crippen LogP contribution in [0.5, 0.6) is 0 Å². The number of likely N-dealkylation sites (N-methyl/N-ethyl adjacent to an activating group) is 1. The van der Waals surface area contributed by atoms with Crippen LogP contribution in [0.25, 0.3) is 0 Å². The Morgan fingerprint density at radius 3 is 2.38 bits per heavy atom. The maximum atomic E-state index is 12.4. The van der Waals surface area contributed by atoms with Gasteiger partial charge >= 0.3 is 6.09 Å². The second-order valence-corrected chi connectivity index (χ2v) is 9.42. The lowest BCUT2D eigenvalue weighted by atomic mass is 9.96. The highest BCUT2D eigenvalue weighted by Crippen LogP contribution is 2.21. The molecule has 1 atom stereocenters. The number of likely N-dealkylation sites (tertiary alicyclic amines) is 2. The fraction of sp³-hybridized carbons (Fsp3) is 0.909. The third-order valence-electron chi connectivity index (χ3n) is 5.88. The van der Waals surface area contributed by atoms with Crippen molar-refractivity contribution in [2.45, 2.75) is 71.9 Å². The summed E-state index contributed by atoms with van der Waals surface area (Å²) in [6, 6.07) is 0.577. The molecule has 2 saturated heterocycles. The number of guanidine groups is 1. The van der Waals surface area contributed by atoms with E-state index in [2.05, 4.69) is 29.1 Å². The summed E-state index contributed by atoms with van der Waals surface area (Å²) in [6.07, 6.45) is 4.49.